The first-order valence-corrected chi connectivity index (χ1v) is 7.33. The molecule has 2 rings (SSSR count). The van der Waals surface area contributed by atoms with E-state index in [1.165, 1.54) is 0 Å². The lowest BCUT2D eigenvalue weighted by atomic mass is 10.2. The predicted molar refractivity (Wildman–Crippen MR) is 81.5 cm³/mol. The summed E-state index contributed by atoms with van der Waals surface area (Å²) in [5, 5.41) is 14.8. The molecule has 0 amide bonds. The Morgan fingerprint density at radius 1 is 1.43 bits per heavy atom. The maximum atomic E-state index is 11.9. The van der Waals surface area contributed by atoms with Gasteiger partial charge in [0.05, 0.1) is 30.7 Å². The molecule has 0 N–H and O–H groups in total. The first-order chi connectivity index (χ1) is 10.1. The Hall–Kier alpha value is -2.26. The van der Waals surface area contributed by atoms with Crippen LogP contribution in [0.15, 0.2) is 30.5 Å². The first kappa shape index (κ1) is 15.1. The van der Waals surface area contributed by atoms with Crippen molar-refractivity contribution in [3.8, 4) is 11.2 Å². The van der Waals surface area contributed by atoms with Crippen LogP contribution in [0.4, 0.5) is 0 Å². The summed E-state index contributed by atoms with van der Waals surface area (Å²) in [7, 11) is 1.63. The average Bonchev–Trinajstić information content (AvgIpc) is 2.86. The maximum absolute atomic E-state index is 11.9. The summed E-state index contributed by atoms with van der Waals surface area (Å²) >= 11 is 0.942. The summed E-state index contributed by atoms with van der Waals surface area (Å²) in [5.41, 5.74) is 2.34. The molecular weight excluding hydrogens is 286 g/mol. The lowest BCUT2D eigenvalue weighted by Gasteiger charge is -2.03. The normalized spacial score (nSPS) is 10.1. The maximum Gasteiger partial charge on any atom is 0.177 e. The number of carbonyl (C=O) groups is 1. The molecule has 21 heavy (non-hydrogen) atoms. The number of Topliss-reactive ketones (excluding diaryl/α,β-unsaturated/α-hetero) is 1. The molecule has 0 bridgehead atoms. The number of nitrogens with zero attached hydrogens (tertiary/aromatic N) is 3. The van der Waals surface area contributed by atoms with Gasteiger partial charge in [0, 0.05) is 6.20 Å². The second-order valence-corrected chi connectivity index (χ2v) is 5.24. The Kier molecular flexibility index (Phi) is 5.01. The zero-order valence-corrected chi connectivity index (χ0v) is 12.7. The number of benzene rings is 1. The lowest BCUT2D eigenvalue weighted by Crippen LogP contribution is -2.02. The van der Waals surface area contributed by atoms with Gasteiger partial charge in [-0.2, -0.15) is 10.4 Å². The van der Waals surface area contributed by atoms with Crippen molar-refractivity contribution >= 4 is 17.5 Å². The lowest BCUT2D eigenvalue weighted by molar-refractivity contribution is 0.102. The molecule has 6 heteroatoms. The minimum Gasteiger partial charge on any atom is -0.497 e. The molecule has 2 aromatic rings. The van der Waals surface area contributed by atoms with Crippen molar-refractivity contribution < 1.29 is 9.53 Å². The van der Waals surface area contributed by atoms with E-state index in [0.29, 0.717) is 17.8 Å². The molecule has 0 aliphatic heterocycles. The predicted octanol–water partition coefficient (Wildman–Crippen LogP) is 2.65. The van der Waals surface area contributed by atoms with E-state index < -0.39 is 0 Å². The smallest absolute Gasteiger partial charge is 0.177 e. The molecule has 0 fully saturated rings. The molecule has 108 valence electrons. The highest BCUT2D eigenvalue weighted by atomic mass is 32.2. The molecule has 0 aliphatic rings. The molecule has 0 atom stereocenters. The molecule has 1 aromatic carbocycles. The van der Waals surface area contributed by atoms with E-state index in [-0.39, 0.29) is 11.5 Å². The minimum absolute atomic E-state index is 0.0694. The summed E-state index contributed by atoms with van der Waals surface area (Å²) in [4.78, 5) is 11.9. The van der Waals surface area contributed by atoms with Crippen molar-refractivity contribution in [3.63, 3.8) is 0 Å². The number of nitriles is 1. The van der Waals surface area contributed by atoms with Crippen LogP contribution in [0, 0.1) is 17.6 Å². The van der Waals surface area contributed by atoms with Crippen LogP contribution in [-0.2, 0) is 6.54 Å². The molecule has 0 radical (unpaired) electrons. The van der Waals surface area contributed by atoms with Gasteiger partial charge < -0.3 is 4.74 Å². The molecule has 0 spiro atoms. The van der Waals surface area contributed by atoms with Gasteiger partial charge >= 0.3 is 0 Å². The van der Waals surface area contributed by atoms with Crippen molar-refractivity contribution in [2.24, 2.45) is 0 Å². The Bertz CT molecular complexity index is 671. The van der Waals surface area contributed by atoms with Crippen LogP contribution < -0.4 is 4.74 Å². The molecule has 0 unspecified atom stereocenters. The molecular formula is C15H15N3O2S. The van der Waals surface area contributed by atoms with Crippen molar-refractivity contribution in [2.75, 3.05) is 12.9 Å². The van der Waals surface area contributed by atoms with Crippen LogP contribution >= 0.6 is 11.8 Å². The third kappa shape index (κ3) is 3.86. The minimum atomic E-state index is -0.0694. The molecule has 0 aliphatic carbocycles. The summed E-state index contributed by atoms with van der Waals surface area (Å²) in [6.45, 7) is 2.39. The first-order valence-electron chi connectivity index (χ1n) is 6.35. The number of methoxy groups -OCH3 is 1. The third-order valence-electron chi connectivity index (χ3n) is 3.02. The van der Waals surface area contributed by atoms with E-state index >= 15 is 0 Å². The highest BCUT2D eigenvalue weighted by molar-refractivity contribution is 8.04. The number of ketones is 1. The van der Waals surface area contributed by atoms with Gasteiger partial charge in [-0.1, -0.05) is 12.1 Å². The number of hydrogen-bond donors (Lipinski definition) is 0. The van der Waals surface area contributed by atoms with Crippen LogP contribution in [0.1, 0.15) is 21.6 Å². The van der Waals surface area contributed by atoms with Gasteiger partial charge in [-0.15, -0.1) is 0 Å². The largest absolute Gasteiger partial charge is 0.497 e. The highest BCUT2D eigenvalue weighted by Gasteiger charge is 2.13. The molecule has 5 nitrogen and oxygen atoms in total. The second-order valence-electron chi connectivity index (χ2n) is 4.48. The van der Waals surface area contributed by atoms with Crippen molar-refractivity contribution in [3.05, 3.63) is 47.3 Å². The van der Waals surface area contributed by atoms with E-state index in [4.69, 9.17) is 10.00 Å². The van der Waals surface area contributed by atoms with Gasteiger partial charge in [-0.25, -0.2) is 0 Å². The monoisotopic (exact) mass is 301 g/mol. The molecule has 1 heterocycles. The van der Waals surface area contributed by atoms with Crippen molar-refractivity contribution in [1.29, 1.82) is 5.26 Å². The zero-order valence-electron chi connectivity index (χ0n) is 11.9. The van der Waals surface area contributed by atoms with Crippen LogP contribution in [0.3, 0.4) is 0 Å². The second kappa shape index (κ2) is 6.95. The summed E-state index contributed by atoms with van der Waals surface area (Å²) in [5.74, 6) is 0.894. The van der Waals surface area contributed by atoms with Gasteiger partial charge in [-0.3, -0.25) is 9.48 Å². The van der Waals surface area contributed by atoms with Gasteiger partial charge in [-0.05, 0) is 36.4 Å². The molecule has 1 aromatic heterocycles. The third-order valence-corrected chi connectivity index (χ3v) is 3.55. The van der Waals surface area contributed by atoms with Gasteiger partial charge in [0.15, 0.2) is 5.78 Å². The van der Waals surface area contributed by atoms with Crippen LogP contribution in [0.25, 0.3) is 0 Å². The van der Waals surface area contributed by atoms with Crippen LogP contribution in [0.5, 0.6) is 5.75 Å². The van der Waals surface area contributed by atoms with E-state index in [1.54, 1.807) is 24.9 Å². The number of thiocyanates is 1. The molecule has 0 saturated carbocycles. The number of hydrogen-bond acceptors (Lipinski definition) is 5. The SMILES string of the molecule is COc1ccc(Cn2cc(C(=O)CSC#N)c(C)n2)cc1. The highest BCUT2D eigenvalue weighted by Crippen LogP contribution is 2.14. The number of thioether (sulfide) groups is 1. The average molecular weight is 301 g/mol. The van der Waals surface area contributed by atoms with E-state index in [1.807, 2.05) is 29.7 Å². The fraction of sp³-hybridized carbons (Fsp3) is 0.267. The topological polar surface area (TPSA) is 67.9 Å². The number of ether oxygens (including phenoxy) is 1. The zero-order chi connectivity index (χ0) is 15.2. The number of aryl methyl sites for hydroxylation is 1. The van der Waals surface area contributed by atoms with Crippen LogP contribution in [-0.4, -0.2) is 28.4 Å². The van der Waals surface area contributed by atoms with E-state index in [9.17, 15) is 4.79 Å². The fourth-order valence-corrected chi connectivity index (χ4v) is 2.32. The van der Waals surface area contributed by atoms with Gasteiger partial charge in [0.25, 0.3) is 0 Å². The van der Waals surface area contributed by atoms with Crippen LogP contribution in [0.2, 0.25) is 0 Å². The van der Waals surface area contributed by atoms with Gasteiger partial charge in [0.2, 0.25) is 0 Å². The summed E-state index contributed by atoms with van der Waals surface area (Å²) in [6, 6.07) is 7.70. The molecule has 0 saturated heterocycles. The van der Waals surface area contributed by atoms with E-state index in [2.05, 4.69) is 5.10 Å². The van der Waals surface area contributed by atoms with Gasteiger partial charge in [0.1, 0.15) is 11.2 Å². The number of carbonyl (C=O) groups excluding carboxylic acids is 1. The van der Waals surface area contributed by atoms with Crippen molar-refractivity contribution in [1.82, 2.24) is 9.78 Å². The van der Waals surface area contributed by atoms with E-state index in [0.717, 1.165) is 23.1 Å². The quantitative estimate of drug-likeness (QED) is 0.606. The number of rotatable bonds is 6. The number of aromatic nitrogens is 2. The Labute approximate surface area is 127 Å². The Morgan fingerprint density at radius 2 is 2.14 bits per heavy atom. The summed E-state index contributed by atoms with van der Waals surface area (Å²) in [6.07, 6.45) is 1.74. The fourth-order valence-electron chi connectivity index (χ4n) is 1.97. The standard InChI is InChI=1S/C15H15N3O2S/c1-11-14(15(19)9-21-10-16)8-18(17-11)7-12-3-5-13(20-2)6-4-12/h3-6,8H,7,9H2,1-2H3. The Balaban J connectivity index is 2.11. The summed E-state index contributed by atoms with van der Waals surface area (Å²) < 4.78 is 6.85. The van der Waals surface area contributed by atoms with Crippen molar-refractivity contribution in [2.45, 2.75) is 13.5 Å². The Morgan fingerprint density at radius 3 is 2.76 bits per heavy atom.